The third-order valence-corrected chi connectivity index (χ3v) is 3.65. The van der Waals surface area contributed by atoms with Crippen LogP contribution in [0.4, 0.5) is 0 Å². The van der Waals surface area contributed by atoms with E-state index in [0.717, 1.165) is 25.3 Å². The van der Waals surface area contributed by atoms with Crippen LogP contribution in [0.3, 0.4) is 0 Å². The molecule has 3 nitrogen and oxygen atoms in total. The van der Waals surface area contributed by atoms with Gasteiger partial charge in [-0.2, -0.15) is 0 Å². The zero-order chi connectivity index (χ0) is 13.7. The maximum absolute atomic E-state index is 5.61. The highest BCUT2D eigenvalue weighted by Crippen LogP contribution is 2.24. The van der Waals surface area contributed by atoms with Gasteiger partial charge in [-0.05, 0) is 58.0 Å². The minimum atomic E-state index is 0.487. The molecule has 1 atom stereocenters. The predicted octanol–water partition coefficient (Wildman–Crippen LogP) is 2.48. The Morgan fingerprint density at radius 3 is 2.44 bits per heavy atom. The summed E-state index contributed by atoms with van der Waals surface area (Å²) < 4.78 is 5.47. The van der Waals surface area contributed by atoms with Gasteiger partial charge in [-0.25, -0.2) is 0 Å². The van der Waals surface area contributed by atoms with Crippen molar-refractivity contribution in [2.75, 3.05) is 20.7 Å². The van der Waals surface area contributed by atoms with E-state index in [-0.39, 0.29) is 0 Å². The number of nitrogens with zero attached hydrogens (tertiary/aromatic N) is 1. The second kappa shape index (κ2) is 6.76. The van der Waals surface area contributed by atoms with Crippen molar-refractivity contribution in [3.05, 3.63) is 28.8 Å². The Hall–Kier alpha value is -1.06. The highest BCUT2D eigenvalue weighted by atomic mass is 16.5. The Morgan fingerprint density at radius 1 is 1.28 bits per heavy atom. The van der Waals surface area contributed by atoms with Gasteiger partial charge in [-0.15, -0.1) is 0 Å². The maximum atomic E-state index is 5.61. The van der Waals surface area contributed by atoms with Gasteiger partial charge in [0, 0.05) is 18.2 Å². The van der Waals surface area contributed by atoms with Gasteiger partial charge in [0.15, 0.2) is 0 Å². The van der Waals surface area contributed by atoms with Crippen LogP contribution < -0.4 is 10.5 Å². The molecule has 102 valence electrons. The van der Waals surface area contributed by atoms with Crippen molar-refractivity contribution in [2.45, 2.75) is 39.8 Å². The van der Waals surface area contributed by atoms with Crippen molar-refractivity contribution in [1.29, 1.82) is 0 Å². The normalized spacial score (nSPS) is 12.8. The van der Waals surface area contributed by atoms with Crippen molar-refractivity contribution < 1.29 is 4.74 Å². The van der Waals surface area contributed by atoms with Gasteiger partial charge in [0.2, 0.25) is 0 Å². The van der Waals surface area contributed by atoms with Gasteiger partial charge in [0.1, 0.15) is 5.75 Å². The van der Waals surface area contributed by atoms with E-state index in [0.29, 0.717) is 6.04 Å². The Bertz CT molecular complexity index is 390. The Morgan fingerprint density at radius 2 is 1.89 bits per heavy atom. The molecule has 3 heteroatoms. The summed E-state index contributed by atoms with van der Waals surface area (Å²) in [5.41, 5.74) is 9.43. The third kappa shape index (κ3) is 3.72. The molecule has 0 aliphatic carbocycles. The zero-order valence-corrected chi connectivity index (χ0v) is 12.3. The Balaban J connectivity index is 2.86. The van der Waals surface area contributed by atoms with Crippen molar-refractivity contribution in [3.63, 3.8) is 0 Å². The van der Waals surface area contributed by atoms with E-state index in [4.69, 9.17) is 10.5 Å². The average molecular weight is 250 g/mol. The lowest BCUT2D eigenvalue weighted by atomic mass is 10.0. The standard InChI is InChI=1S/C15H26N2O/c1-11-8-14(15(18-5)9-12(11)2)10-17(4)13(3)6-7-16/h8-9,13H,6-7,10,16H2,1-5H3. The van der Waals surface area contributed by atoms with E-state index in [1.807, 2.05) is 0 Å². The third-order valence-electron chi connectivity index (χ3n) is 3.65. The van der Waals surface area contributed by atoms with Crippen molar-refractivity contribution >= 4 is 0 Å². The summed E-state index contributed by atoms with van der Waals surface area (Å²) in [7, 11) is 3.87. The average Bonchev–Trinajstić information content (AvgIpc) is 2.33. The molecular weight excluding hydrogens is 224 g/mol. The molecule has 0 aromatic heterocycles. The number of aryl methyl sites for hydroxylation is 2. The number of ether oxygens (including phenoxy) is 1. The minimum Gasteiger partial charge on any atom is -0.496 e. The summed E-state index contributed by atoms with van der Waals surface area (Å²) in [6, 6.07) is 4.83. The second-order valence-electron chi connectivity index (χ2n) is 5.09. The summed E-state index contributed by atoms with van der Waals surface area (Å²) in [6.07, 6.45) is 1.02. The number of benzene rings is 1. The van der Waals surface area contributed by atoms with Crippen LogP contribution in [0.5, 0.6) is 5.75 Å². The van der Waals surface area contributed by atoms with Crippen LogP contribution in [0.1, 0.15) is 30.0 Å². The van der Waals surface area contributed by atoms with E-state index in [2.05, 4.69) is 44.9 Å². The van der Waals surface area contributed by atoms with Crippen LogP contribution in [0.2, 0.25) is 0 Å². The van der Waals surface area contributed by atoms with Gasteiger partial charge in [-0.3, -0.25) is 4.90 Å². The van der Waals surface area contributed by atoms with E-state index >= 15 is 0 Å². The molecule has 0 heterocycles. The molecule has 0 amide bonds. The number of hydrogen-bond acceptors (Lipinski definition) is 3. The van der Waals surface area contributed by atoms with Crippen LogP contribution in [0.25, 0.3) is 0 Å². The van der Waals surface area contributed by atoms with Crippen molar-refractivity contribution in [1.82, 2.24) is 4.90 Å². The number of nitrogens with two attached hydrogens (primary N) is 1. The van der Waals surface area contributed by atoms with Crippen LogP contribution >= 0.6 is 0 Å². The molecule has 0 aliphatic heterocycles. The first-order valence-corrected chi connectivity index (χ1v) is 6.54. The smallest absolute Gasteiger partial charge is 0.123 e. The largest absolute Gasteiger partial charge is 0.496 e. The summed E-state index contributed by atoms with van der Waals surface area (Å²) >= 11 is 0. The molecule has 1 unspecified atom stereocenters. The minimum absolute atomic E-state index is 0.487. The molecule has 0 fully saturated rings. The van der Waals surface area contributed by atoms with Gasteiger partial charge >= 0.3 is 0 Å². The monoisotopic (exact) mass is 250 g/mol. The highest BCUT2D eigenvalue weighted by molar-refractivity contribution is 5.41. The van der Waals surface area contributed by atoms with Crippen LogP contribution in [-0.4, -0.2) is 31.6 Å². The number of rotatable bonds is 6. The molecule has 0 saturated heterocycles. The summed E-state index contributed by atoms with van der Waals surface area (Å²) in [6.45, 7) is 8.09. The molecule has 18 heavy (non-hydrogen) atoms. The highest BCUT2D eigenvalue weighted by Gasteiger charge is 2.12. The SMILES string of the molecule is COc1cc(C)c(C)cc1CN(C)C(C)CCN. The summed E-state index contributed by atoms with van der Waals surface area (Å²) in [5.74, 6) is 0.977. The van der Waals surface area contributed by atoms with Gasteiger partial charge < -0.3 is 10.5 Å². The van der Waals surface area contributed by atoms with Crippen molar-refractivity contribution in [2.24, 2.45) is 5.73 Å². The molecule has 1 rings (SSSR count). The predicted molar refractivity (Wildman–Crippen MR) is 77.1 cm³/mol. The van der Waals surface area contributed by atoms with Crippen LogP contribution in [-0.2, 0) is 6.54 Å². The first kappa shape index (κ1) is 15.0. The van der Waals surface area contributed by atoms with E-state index in [1.54, 1.807) is 7.11 Å². The van der Waals surface area contributed by atoms with E-state index in [1.165, 1.54) is 16.7 Å². The fourth-order valence-electron chi connectivity index (χ4n) is 2.05. The van der Waals surface area contributed by atoms with Gasteiger partial charge in [0.05, 0.1) is 7.11 Å². The molecule has 0 saturated carbocycles. The van der Waals surface area contributed by atoms with Crippen molar-refractivity contribution in [3.8, 4) is 5.75 Å². The van der Waals surface area contributed by atoms with Gasteiger partial charge in [0.25, 0.3) is 0 Å². The molecule has 0 radical (unpaired) electrons. The maximum Gasteiger partial charge on any atom is 0.123 e. The lowest BCUT2D eigenvalue weighted by Gasteiger charge is -2.25. The lowest BCUT2D eigenvalue weighted by Crippen LogP contribution is -2.30. The molecule has 1 aromatic rings. The van der Waals surface area contributed by atoms with Crippen LogP contribution in [0, 0.1) is 13.8 Å². The number of hydrogen-bond donors (Lipinski definition) is 1. The first-order valence-electron chi connectivity index (χ1n) is 6.54. The lowest BCUT2D eigenvalue weighted by molar-refractivity contribution is 0.237. The molecular formula is C15H26N2O. The molecule has 0 spiro atoms. The molecule has 0 aliphatic rings. The van der Waals surface area contributed by atoms with Crippen LogP contribution in [0.15, 0.2) is 12.1 Å². The fraction of sp³-hybridized carbons (Fsp3) is 0.600. The summed E-state index contributed by atoms with van der Waals surface area (Å²) in [4.78, 5) is 2.32. The fourth-order valence-corrected chi connectivity index (χ4v) is 2.05. The Kier molecular flexibility index (Phi) is 5.63. The Labute approximate surface area is 111 Å². The first-order chi connectivity index (χ1) is 8.49. The summed E-state index contributed by atoms with van der Waals surface area (Å²) in [5, 5.41) is 0. The number of methoxy groups -OCH3 is 1. The molecule has 0 bridgehead atoms. The van der Waals surface area contributed by atoms with E-state index in [9.17, 15) is 0 Å². The molecule has 2 N–H and O–H groups in total. The van der Waals surface area contributed by atoms with Gasteiger partial charge in [-0.1, -0.05) is 6.07 Å². The second-order valence-corrected chi connectivity index (χ2v) is 5.09. The molecule has 1 aromatic carbocycles. The quantitative estimate of drug-likeness (QED) is 0.843. The topological polar surface area (TPSA) is 38.5 Å². The zero-order valence-electron chi connectivity index (χ0n) is 12.3. The van der Waals surface area contributed by atoms with E-state index < -0.39 is 0 Å².